The fraction of sp³-hybridized carbons (Fsp3) is 0.667. The van der Waals surface area contributed by atoms with Crippen LogP contribution in [0.3, 0.4) is 0 Å². The van der Waals surface area contributed by atoms with Gasteiger partial charge in [0.2, 0.25) is 0 Å². The molecule has 0 aromatic carbocycles. The van der Waals surface area contributed by atoms with E-state index in [0.717, 1.165) is 49.5 Å². The highest BCUT2D eigenvalue weighted by Gasteiger charge is 2.31. The van der Waals surface area contributed by atoms with E-state index in [1.54, 1.807) is 11.3 Å². The van der Waals surface area contributed by atoms with Gasteiger partial charge in [-0.15, -0.1) is 16.4 Å². The number of nitrogens with zero attached hydrogens (tertiary/aromatic N) is 5. The van der Waals surface area contributed by atoms with E-state index in [9.17, 15) is 0 Å². The van der Waals surface area contributed by atoms with Crippen molar-refractivity contribution in [3.63, 3.8) is 0 Å². The van der Waals surface area contributed by atoms with Gasteiger partial charge in [-0.05, 0) is 18.8 Å². The van der Waals surface area contributed by atoms with Gasteiger partial charge in [-0.2, -0.15) is 0 Å². The van der Waals surface area contributed by atoms with Gasteiger partial charge in [-0.3, -0.25) is 9.58 Å². The number of ether oxygens (including phenoxy) is 1. The van der Waals surface area contributed by atoms with E-state index < -0.39 is 0 Å². The summed E-state index contributed by atoms with van der Waals surface area (Å²) in [6, 6.07) is 0. The number of aromatic nitrogens is 4. The minimum Gasteiger partial charge on any atom is -0.380 e. The summed E-state index contributed by atoms with van der Waals surface area (Å²) in [5.41, 5.74) is 2.33. The fourth-order valence-corrected chi connectivity index (χ4v) is 3.79. The Bertz CT molecular complexity index is 622. The van der Waals surface area contributed by atoms with Gasteiger partial charge in [0, 0.05) is 44.2 Å². The SMILES string of the molecule is Cn1nnc2c1[C@@H](COCC1CC1)CN(Cc1nccs1)C2. The molecule has 1 atom stereocenters. The van der Waals surface area contributed by atoms with Gasteiger partial charge in [0.1, 0.15) is 10.7 Å². The molecular weight excluding hydrogens is 298 g/mol. The van der Waals surface area contributed by atoms with Crippen LogP contribution in [0.25, 0.3) is 0 Å². The third kappa shape index (κ3) is 3.06. The van der Waals surface area contributed by atoms with Crippen LogP contribution in [-0.4, -0.2) is 44.6 Å². The molecule has 1 aliphatic carbocycles. The normalized spacial score (nSPS) is 22.0. The van der Waals surface area contributed by atoms with Crippen LogP contribution in [0, 0.1) is 5.92 Å². The monoisotopic (exact) mass is 319 g/mol. The van der Waals surface area contributed by atoms with Crippen LogP contribution >= 0.6 is 11.3 Å². The predicted molar refractivity (Wildman–Crippen MR) is 83.5 cm³/mol. The molecular formula is C15H21N5OS. The Morgan fingerprint density at radius 2 is 2.27 bits per heavy atom. The van der Waals surface area contributed by atoms with E-state index in [0.29, 0.717) is 5.92 Å². The lowest BCUT2D eigenvalue weighted by atomic mass is 9.99. The van der Waals surface area contributed by atoms with Gasteiger partial charge in [-0.1, -0.05) is 5.21 Å². The lowest BCUT2D eigenvalue weighted by Gasteiger charge is -2.31. The Morgan fingerprint density at radius 1 is 1.36 bits per heavy atom. The molecule has 2 aliphatic rings. The molecule has 0 unspecified atom stereocenters. The molecule has 7 heteroatoms. The molecule has 0 radical (unpaired) electrons. The summed E-state index contributed by atoms with van der Waals surface area (Å²) in [6.45, 7) is 4.38. The van der Waals surface area contributed by atoms with E-state index in [2.05, 4.69) is 20.2 Å². The number of rotatable bonds is 6. The molecule has 4 rings (SSSR count). The highest BCUT2D eigenvalue weighted by Crippen LogP contribution is 2.31. The quantitative estimate of drug-likeness (QED) is 0.812. The predicted octanol–water partition coefficient (Wildman–Crippen LogP) is 1.80. The molecule has 22 heavy (non-hydrogen) atoms. The average molecular weight is 319 g/mol. The second-order valence-electron chi connectivity index (χ2n) is 6.32. The molecule has 6 nitrogen and oxygen atoms in total. The lowest BCUT2D eigenvalue weighted by molar-refractivity contribution is 0.0866. The van der Waals surface area contributed by atoms with Crippen molar-refractivity contribution >= 4 is 11.3 Å². The number of aryl methyl sites for hydroxylation is 1. The first-order valence-electron chi connectivity index (χ1n) is 7.86. The maximum Gasteiger partial charge on any atom is 0.107 e. The largest absolute Gasteiger partial charge is 0.380 e. The maximum absolute atomic E-state index is 5.95. The number of thiazole rings is 1. The van der Waals surface area contributed by atoms with E-state index in [4.69, 9.17) is 4.74 Å². The third-order valence-electron chi connectivity index (χ3n) is 4.39. The summed E-state index contributed by atoms with van der Waals surface area (Å²) in [6.07, 6.45) is 4.53. The Balaban J connectivity index is 1.46. The Morgan fingerprint density at radius 3 is 3.05 bits per heavy atom. The van der Waals surface area contributed by atoms with Crippen molar-refractivity contribution in [3.8, 4) is 0 Å². The zero-order chi connectivity index (χ0) is 14.9. The Labute approximate surface area is 134 Å². The summed E-state index contributed by atoms with van der Waals surface area (Å²) in [5.74, 6) is 1.15. The van der Waals surface area contributed by atoms with Crippen LogP contribution in [0.1, 0.15) is 35.2 Å². The van der Waals surface area contributed by atoms with Crippen LogP contribution in [0.4, 0.5) is 0 Å². The van der Waals surface area contributed by atoms with E-state index in [1.165, 1.54) is 18.5 Å². The van der Waals surface area contributed by atoms with Crippen LogP contribution in [0.5, 0.6) is 0 Å². The van der Waals surface area contributed by atoms with Crippen molar-refractivity contribution in [1.29, 1.82) is 0 Å². The maximum atomic E-state index is 5.95. The van der Waals surface area contributed by atoms with Crippen molar-refractivity contribution in [1.82, 2.24) is 24.9 Å². The fourth-order valence-electron chi connectivity index (χ4n) is 3.13. The van der Waals surface area contributed by atoms with Crippen LogP contribution in [0.15, 0.2) is 11.6 Å². The Kier molecular flexibility index (Phi) is 3.94. The first-order valence-corrected chi connectivity index (χ1v) is 8.74. The number of hydrogen-bond acceptors (Lipinski definition) is 6. The van der Waals surface area contributed by atoms with Gasteiger partial charge in [0.15, 0.2) is 0 Å². The summed E-state index contributed by atoms with van der Waals surface area (Å²) in [4.78, 5) is 6.80. The molecule has 0 N–H and O–H groups in total. The minimum absolute atomic E-state index is 0.350. The van der Waals surface area contributed by atoms with Gasteiger partial charge in [-0.25, -0.2) is 4.98 Å². The highest BCUT2D eigenvalue weighted by atomic mass is 32.1. The zero-order valence-electron chi connectivity index (χ0n) is 12.8. The van der Waals surface area contributed by atoms with E-state index in [1.807, 2.05) is 23.3 Å². The highest BCUT2D eigenvalue weighted by molar-refractivity contribution is 7.09. The summed E-state index contributed by atoms with van der Waals surface area (Å²) < 4.78 is 7.87. The summed E-state index contributed by atoms with van der Waals surface area (Å²) in [7, 11) is 1.98. The molecule has 0 spiro atoms. The molecule has 1 aliphatic heterocycles. The van der Waals surface area contributed by atoms with Gasteiger partial charge < -0.3 is 4.74 Å². The molecule has 3 heterocycles. The molecule has 118 valence electrons. The zero-order valence-corrected chi connectivity index (χ0v) is 13.6. The van der Waals surface area contributed by atoms with Gasteiger partial charge >= 0.3 is 0 Å². The third-order valence-corrected chi connectivity index (χ3v) is 5.16. The molecule has 0 saturated heterocycles. The molecule has 0 amide bonds. The minimum atomic E-state index is 0.350. The molecule has 2 aromatic rings. The average Bonchev–Trinajstić information content (AvgIpc) is 3.04. The summed E-state index contributed by atoms with van der Waals surface area (Å²) in [5, 5.41) is 11.7. The van der Waals surface area contributed by atoms with Crippen LogP contribution in [-0.2, 0) is 24.9 Å². The van der Waals surface area contributed by atoms with Crippen molar-refractivity contribution in [2.75, 3.05) is 19.8 Å². The van der Waals surface area contributed by atoms with Gasteiger partial charge in [0.25, 0.3) is 0 Å². The van der Waals surface area contributed by atoms with Crippen molar-refractivity contribution in [2.24, 2.45) is 13.0 Å². The second-order valence-corrected chi connectivity index (χ2v) is 7.30. The van der Waals surface area contributed by atoms with Crippen LogP contribution in [0.2, 0.25) is 0 Å². The number of hydrogen-bond donors (Lipinski definition) is 0. The van der Waals surface area contributed by atoms with Crippen molar-refractivity contribution in [2.45, 2.75) is 31.8 Å². The first kappa shape index (κ1) is 14.3. The van der Waals surface area contributed by atoms with Gasteiger partial charge in [0.05, 0.1) is 18.8 Å². The first-order chi connectivity index (χ1) is 10.8. The molecule has 1 fully saturated rings. The number of fused-ring (bicyclic) bond motifs is 1. The Hall–Kier alpha value is -1.31. The molecule has 2 aromatic heterocycles. The van der Waals surface area contributed by atoms with Crippen molar-refractivity contribution in [3.05, 3.63) is 28.0 Å². The smallest absolute Gasteiger partial charge is 0.107 e. The van der Waals surface area contributed by atoms with Crippen molar-refractivity contribution < 1.29 is 4.74 Å². The van der Waals surface area contributed by atoms with E-state index in [-0.39, 0.29) is 0 Å². The summed E-state index contributed by atoms with van der Waals surface area (Å²) >= 11 is 1.71. The molecule has 1 saturated carbocycles. The lowest BCUT2D eigenvalue weighted by Crippen LogP contribution is -2.36. The van der Waals surface area contributed by atoms with E-state index >= 15 is 0 Å². The molecule has 0 bridgehead atoms. The second kappa shape index (κ2) is 6.06. The van der Waals surface area contributed by atoms with Crippen LogP contribution < -0.4 is 0 Å². The topological polar surface area (TPSA) is 56.1 Å². The standard InChI is InChI=1S/C15H21N5OS/c1-19-15-12(10-21-9-11-2-3-11)6-20(7-13(15)17-18-19)8-14-16-4-5-22-14/h4-5,11-12H,2-3,6-10H2,1H3/t12-/m1/s1.